The van der Waals surface area contributed by atoms with E-state index in [9.17, 15) is 0 Å². The Balaban J connectivity index is 2.07. The van der Waals surface area contributed by atoms with Crippen molar-refractivity contribution >= 4 is 33.2 Å². The van der Waals surface area contributed by atoms with Crippen LogP contribution in [-0.2, 0) is 13.6 Å². The van der Waals surface area contributed by atoms with Crippen molar-refractivity contribution in [3.8, 4) is 0 Å². The van der Waals surface area contributed by atoms with Crippen LogP contribution in [0.25, 0.3) is 0 Å². The molecule has 2 aromatic rings. The zero-order valence-corrected chi connectivity index (χ0v) is 11.1. The molecule has 0 bridgehead atoms. The number of hydrogen-bond acceptors (Lipinski definition) is 2. The molecule has 0 saturated heterocycles. The van der Waals surface area contributed by atoms with Gasteiger partial charge in [0.2, 0.25) is 0 Å². The minimum absolute atomic E-state index is 0.680. The van der Waals surface area contributed by atoms with Gasteiger partial charge in [-0.1, -0.05) is 11.6 Å². The van der Waals surface area contributed by atoms with Crippen molar-refractivity contribution in [2.75, 3.05) is 5.32 Å². The first-order valence-electron chi connectivity index (χ1n) is 4.82. The second-order valence-corrected chi connectivity index (χ2v) is 4.75. The quantitative estimate of drug-likeness (QED) is 0.941. The van der Waals surface area contributed by atoms with Gasteiger partial charge in [-0.25, -0.2) is 0 Å². The first kappa shape index (κ1) is 11.5. The van der Waals surface area contributed by atoms with Gasteiger partial charge in [0.25, 0.3) is 0 Å². The lowest BCUT2D eigenvalue weighted by molar-refractivity contribution is 0.747. The molecule has 16 heavy (non-hydrogen) atoms. The number of benzene rings is 1. The molecule has 0 spiro atoms. The predicted octanol–water partition coefficient (Wildman–Crippen LogP) is 3.45. The summed E-state index contributed by atoms with van der Waals surface area (Å²) in [6.07, 6.45) is 1.92. The first-order chi connectivity index (χ1) is 7.65. The van der Waals surface area contributed by atoms with E-state index in [0.717, 1.165) is 15.9 Å². The molecule has 1 heterocycles. The van der Waals surface area contributed by atoms with Gasteiger partial charge >= 0.3 is 0 Å². The highest BCUT2D eigenvalue weighted by molar-refractivity contribution is 9.10. The van der Waals surface area contributed by atoms with Crippen LogP contribution in [0.2, 0.25) is 5.02 Å². The zero-order chi connectivity index (χ0) is 11.5. The topological polar surface area (TPSA) is 29.9 Å². The monoisotopic (exact) mass is 299 g/mol. The molecule has 0 fully saturated rings. The standard InChI is InChI=1S/C11H11BrClN3/c1-16-5-4-9(15-16)7-14-11-6-8(13)2-3-10(11)12/h2-6,14H,7H2,1H3. The smallest absolute Gasteiger partial charge is 0.0815 e. The van der Waals surface area contributed by atoms with Crippen molar-refractivity contribution < 1.29 is 0 Å². The number of nitrogens with one attached hydrogen (secondary N) is 1. The summed E-state index contributed by atoms with van der Waals surface area (Å²) in [5, 5.41) is 8.27. The first-order valence-corrected chi connectivity index (χ1v) is 6.00. The van der Waals surface area contributed by atoms with Gasteiger partial charge < -0.3 is 5.32 Å². The lowest BCUT2D eigenvalue weighted by Gasteiger charge is -2.07. The maximum Gasteiger partial charge on any atom is 0.0815 e. The summed E-state index contributed by atoms with van der Waals surface area (Å²) in [6, 6.07) is 7.63. The summed E-state index contributed by atoms with van der Waals surface area (Å²) in [5.41, 5.74) is 1.97. The van der Waals surface area contributed by atoms with Crippen molar-refractivity contribution in [3.63, 3.8) is 0 Å². The van der Waals surface area contributed by atoms with E-state index >= 15 is 0 Å². The minimum atomic E-state index is 0.680. The van der Waals surface area contributed by atoms with E-state index in [-0.39, 0.29) is 0 Å². The van der Waals surface area contributed by atoms with Crippen molar-refractivity contribution in [2.45, 2.75) is 6.54 Å². The highest BCUT2D eigenvalue weighted by Gasteiger charge is 2.01. The summed E-state index contributed by atoms with van der Waals surface area (Å²) in [5.74, 6) is 0. The second kappa shape index (κ2) is 4.89. The van der Waals surface area contributed by atoms with Crippen LogP contribution in [-0.4, -0.2) is 9.78 Å². The lowest BCUT2D eigenvalue weighted by atomic mass is 10.3. The van der Waals surface area contributed by atoms with Crippen LogP contribution in [0.5, 0.6) is 0 Å². The summed E-state index contributed by atoms with van der Waals surface area (Å²) in [6.45, 7) is 0.680. The van der Waals surface area contributed by atoms with Crippen LogP contribution < -0.4 is 5.32 Å². The molecule has 0 aliphatic rings. The fourth-order valence-electron chi connectivity index (χ4n) is 1.38. The normalized spacial score (nSPS) is 10.4. The predicted molar refractivity (Wildman–Crippen MR) is 69.7 cm³/mol. The van der Waals surface area contributed by atoms with E-state index in [2.05, 4.69) is 26.3 Å². The molecule has 3 nitrogen and oxygen atoms in total. The fraction of sp³-hybridized carbons (Fsp3) is 0.182. The number of aromatic nitrogens is 2. The molecule has 84 valence electrons. The van der Waals surface area contributed by atoms with Gasteiger partial charge in [0.15, 0.2) is 0 Å². The Bertz CT molecular complexity index is 496. The van der Waals surface area contributed by atoms with Gasteiger partial charge in [0.05, 0.1) is 17.9 Å². The number of nitrogens with zero attached hydrogens (tertiary/aromatic N) is 2. The Hall–Kier alpha value is -1.000. The third kappa shape index (κ3) is 2.77. The summed E-state index contributed by atoms with van der Waals surface area (Å²) < 4.78 is 2.78. The van der Waals surface area contributed by atoms with Crippen molar-refractivity contribution in [1.82, 2.24) is 9.78 Å². The Morgan fingerprint density at radius 3 is 2.94 bits per heavy atom. The molecule has 1 aromatic heterocycles. The molecule has 0 aliphatic carbocycles. The van der Waals surface area contributed by atoms with E-state index in [1.807, 2.05) is 37.5 Å². The third-order valence-corrected chi connectivity index (χ3v) is 3.08. The zero-order valence-electron chi connectivity index (χ0n) is 8.74. The van der Waals surface area contributed by atoms with Crippen molar-refractivity contribution in [1.29, 1.82) is 0 Å². The molecule has 1 aromatic carbocycles. The van der Waals surface area contributed by atoms with Crippen molar-refractivity contribution in [2.24, 2.45) is 7.05 Å². The van der Waals surface area contributed by atoms with Gasteiger partial charge in [-0.3, -0.25) is 4.68 Å². The van der Waals surface area contributed by atoms with Gasteiger partial charge in [-0.2, -0.15) is 5.10 Å². The number of anilines is 1. The Labute approximate surface area is 108 Å². The third-order valence-electron chi connectivity index (χ3n) is 2.16. The van der Waals surface area contributed by atoms with Crippen LogP contribution >= 0.6 is 27.5 Å². The lowest BCUT2D eigenvalue weighted by Crippen LogP contribution is -2.01. The molecule has 1 N–H and O–H groups in total. The summed E-state index contributed by atoms with van der Waals surface area (Å²) >= 11 is 9.38. The van der Waals surface area contributed by atoms with E-state index in [1.54, 1.807) is 4.68 Å². The second-order valence-electron chi connectivity index (χ2n) is 3.46. The number of halogens is 2. The van der Waals surface area contributed by atoms with Gasteiger partial charge in [0.1, 0.15) is 0 Å². The Kier molecular flexibility index (Phi) is 3.51. The van der Waals surface area contributed by atoms with E-state index in [0.29, 0.717) is 11.6 Å². The molecule has 5 heteroatoms. The summed E-state index contributed by atoms with van der Waals surface area (Å²) in [4.78, 5) is 0. The molecule has 0 radical (unpaired) electrons. The van der Waals surface area contributed by atoms with Gasteiger partial charge in [-0.15, -0.1) is 0 Å². The highest BCUT2D eigenvalue weighted by atomic mass is 79.9. The van der Waals surface area contributed by atoms with Gasteiger partial charge in [0, 0.05) is 22.7 Å². The molecule has 0 atom stereocenters. The largest absolute Gasteiger partial charge is 0.378 e. The molecule has 0 unspecified atom stereocenters. The maximum absolute atomic E-state index is 5.92. The van der Waals surface area contributed by atoms with Crippen LogP contribution in [0.4, 0.5) is 5.69 Å². The maximum atomic E-state index is 5.92. The molecule has 0 saturated carbocycles. The Morgan fingerprint density at radius 1 is 1.44 bits per heavy atom. The summed E-state index contributed by atoms with van der Waals surface area (Å²) in [7, 11) is 1.90. The average Bonchev–Trinajstić information content (AvgIpc) is 2.66. The van der Waals surface area contributed by atoms with Crippen LogP contribution in [0.3, 0.4) is 0 Å². The minimum Gasteiger partial charge on any atom is -0.378 e. The highest BCUT2D eigenvalue weighted by Crippen LogP contribution is 2.26. The SMILES string of the molecule is Cn1ccc(CNc2cc(Cl)ccc2Br)n1. The number of hydrogen-bond donors (Lipinski definition) is 1. The van der Waals surface area contributed by atoms with Crippen LogP contribution in [0, 0.1) is 0 Å². The fourth-order valence-corrected chi connectivity index (χ4v) is 1.94. The number of aryl methyl sites for hydroxylation is 1. The molecule has 2 rings (SSSR count). The molecular formula is C11H11BrClN3. The Morgan fingerprint density at radius 2 is 2.25 bits per heavy atom. The van der Waals surface area contributed by atoms with E-state index in [4.69, 9.17) is 11.6 Å². The molecule has 0 aliphatic heterocycles. The van der Waals surface area contributed by atoms with E-state index < -0.39 is 0 Å². The number of rotatable bonds is 3. The van der Waals surface area contributed by atoms with Gasteiger partial charge in [-0.05, 0) is 40.2 Å². The average molecular weight is 301 g/mol. The van der Waals surface area contributed by atoms with Crippen LogP contribution in [0.1, 0.15) is 5.69 Å². The van der Waals surface area contributed by atoms with E-state index in [1.165, 1.54) is 0 Å². The molecular weight excluding hydrogens is 289 g/mol. The van der Waals surface area contributed by atoms with Crippen molar-refractivity contribution in [3.05, 3.63) is 45.7 Å². The molecule has 0 amide bonds. The van der Waals surface area contributed by atoms with Crippen LogP contribution in [0.15, 0.2) is 34.9 Å².